The van der Waals surface area contributed by atoms with E-state index in [9.17, 15) is 23.7 Å². The molecule has 33 heavy (non-hydrogen) atoms. The molecular formula is C11H16F2N5O12P3. The van der Waals surface area contributed by atoms with Crippen LogP contribution in [-0.4, -0.2) is 68.4 Å². The Bertz CT molecular complexity index is 1210. The second-order valence-corrected chi connectivity index (χ2v) is 11.2. The molecule has 6 atom stereocenters. The minimum Gasteiger partial charge on any atom is -0.384 e. The zero-order valence-electron chi connectivity index (χ0n) is 16.1. The zero-order valence-corrected chi connectivity index (χ0v) is 18.8. The number of nitrogen functional groups attached to an aromatic ring is 1. The summed E-state index contributed by atoms with van der Waals surface area (Å²) in [6, 6.07) is 0. The summed E-state index contributed by atoms with van der Waals surface area (Å²) in [6.07, 6.45) is -2.69. The first-order chi connectivity index (χ1) is 14.9. The van der Waals surface area contributed by atoms with Crippen molar-refractivity contribution in [2.45, 2.75) is 30.8 Å². The summed E-state index contributed by atoms with van der Waals surface area (Å²) in [5, 5.41) is 10.2. The predicted molar refractivity (Wildman–Crippen MR) is 99.0 cm³/mol. The van der Waals surface area contributed by atoms with Gasteiger partial charge in [-0.1, -0.05) is 0 Å². The van der Waals surface area contributed by atoms with Crippen molar-refractivity contribution in [2.24, 2.45) is 0 Å². The predicted octanol–water partition coefficient (Wildman–Crippen LogP) is 0.0355. The van der Waals surface area contributed by atoms with Gasteiger partial charge in [0.25, 0.3) is 5.85 Å². The molecule has 1 aliphatic rings. The van der Waals surface area contributed by atoms with Crippen molar-refractivity contribution in [3.63, 3.8) is 0 Å². The van der Waals surface area contributed by atoms with Crippen molar-refractivity contribution in [1.29, 1.82) is 0 Å². The number of ether oxygens (including phenoxy) is 1. The van der Waals surface area contributed by atoms with Crippen LogP contribution in [0.25, 0.3) is 11.2 Å². The van der Waals surface area contributed by atoms with Gasteiger partial charge in [-0.15, -0.1) is 0 Å². The number of hydrogen-bond acceptors (Lipinski definition) is 12. The molecule has 0 amide bonds. The van der Waals surface area contributed by atoms with Gasteiger partial charge in [0.05, 0.1) is 6.33 Å². The number of aliphatic hydroxyl groups excluding tert-OH is 1. The Hall–Kier alpha value is -1.46. The maximum Gasteiger partial charge on any atom is 0.490 e. The third-order valence-electron chi connectivity index (χ3n) is 4.21. The number of nitrogens with two attached hydrogens (primary N) is 1. The number of alkyl halides is 2. The van der Waals surface area contributed by atoms with Crippen LogP contribution in [0.2, 0.25) is 0 Å². The number of imidazole rings is 1. The lowest BCUT2D eigenvalue weighted by molar-refractivity contribution is -0.203. The van der Waals surface area contributed by atoms with E-state index in [0.29, 0.717) is 0 Å². The highest BCUT2D eigenvalue weighted by atomic mass is 31.3. The van der Waals surface area contributed by atoms with Crippen LogP contribution in [0.15, 0.2) is 12.7 Å². The smallest absolute Gasteiger partial charge is 0.384 e. The first kappa shape index (κ1) is 26.2. The Morgan fingerprint density at radius 1 is 1.15 bits per heavy atom. The highest BCUT2D eigenvalue weighted by molar-refractivity contribution is 7.66. The Labute approximate surface area is 181 Å². The van der Waals surface area contributed by atoms with Crippen LogP contribution in [0.3, 0.4) is 0 Å². The molecule has 1 aliphatic heterocycles. The minimum absolute atomic E-state index is 0.00369. The molecule has 2 unspecified atom stereocenters. The van der Waals surface area contributed by atoms with E-state index in [4.69, 9.17) is 25.2 Å². The number of nitrogens with zero attached hydrogens (tertiary/aromatic N) is 4. The van der Waals surface area contributed by atoms with Crippen LogP contribution in [0, 0.1) is 0 Å². The van der Waals surface area contributed by atoms with Crippen LogP contribution in [-0.2, 0) is 31.6 Å². The van der Waals surface area contributed by atoms with Gasteiger partial charge in [0.2, 0.25) is 0 Å². The Kier molecular flexibility index (Phi) is 6.61. The number of aliphatic hydroxyl groups is 1. The molecule has 0 saturated carbocycles. The monoisotopic (exact) mass is 541 g/mol. The van der Waals surface area contributed by atoms with Gasteiger partial charge in [-0.05, 0) is 6.92 Å². The van der Waals surface area contributed by atoms with Crippen molar-refractivity contribution in [3.05, 3.63) is 12.7 Å². The summed E-state index contributed by atoms with van der Waals surface area (Å²) in [4.78, 5) is 46.9. The van der Waals surface area contributed by atoms with E-state index in [0.717, 1.165) is 24.1 Å². The number of hydrogen-bond donors (Lipinski definition) is 6. The standard InChI is InChI=1S/C11H16F2N5O12P3/c1-10(12)8(19)11(13,2-27-32(23,24)30-33(25,26)29-31(20,21)22)28-9(10)18-4-17-5-6(14)15-3-16-7(5)18/h3-4,8-9,19H,2H2,1H3,(H,23,24)(H,25,26)(H2,14,15,16)(H2,20,21,22)/t8-,9+,10+,11+/m0/s1. The van der Waals surface area contributed by atoms with Gasteiger partial charge in [-0.3, -0.25) is 9.09 Å². The van der Waals surface area contributed by atoms with Crippen LogP contribution < -0.4 is 5.73 Å². The molecule has 3 rings (SSSR count). The summed E-state index contributed by atoms with van der Waals surface area (Å²) in [7, 11) is -17.3. The molecule has 7 N–H and O–H groups in total. The van der Waals surface area contributed by atoms with Crippen molar-refractivity contribution in [2.75, 3.05) is 12.3 Å². The molecule has 1 fully saturated rings. The van der Waals surface area contributed by atoms with E-state index in [1.807, 2.05) is 0 Å². The van der Waals surface area contributed by atoms with Gasteiger partial charge < -0.3 is 35.2 Å². The SMILES string of the molecule is C[C@]1(F)[C@H](n2cnc3c(N)ncnc32)O[C@](F)(COP(=O)(O)OP(=O)(O)OP(=O)(O)O)[C@H]1O. The number of halogens is 2. The van der Waals surface area contributed by atoms with E-state index >= 15 is 8.78 Å². The van der Waals surface area contributed by atoms with Gasteiger partial charge in [-0.25, -0.2) is 37.4 Å². The van der Waals surface area contributed by atoms with Crippen LogP contribution in [0.5, 0.6) is 0 Å². The summed E-state index contributed by atoms with van der Waals surface area (Å²) in [6.45, 7) is -1.03. The number of phosphoric ester groups is 1. The summed E-state index contributed by atoms with van der Waals surface area (Å²) >= 11 is 0. The fraction of sp³-hybridized carbons (Fsp3) is 0.545. The third-order valence-corrected chi connectivity index (χ3v) is 8.00. The zero-order chi connectivity index (χ0) is 25.0. The van der Waals surface area contributed by atoms with Crippen LogP contribution >= 0.6 is 23.5 Å². The second-order valence-electron chi connectivity index (χ2n) is 6.76. The molecule has 22 heteroatoms. The van der Waals surface area contributed by atoms with E-state index in [2.05, 4.69) is 28.1 Å². The van der Waals surface area contributed by atoms with Gasteiger partial charge >= 0.3 is 23.5 Å². The van der Waals surface area contributed by atoms with Crippen molar-refractivity contribution in [1.82, 2.24) is 19.5 Å². The van der Waals surface area contributed by atoms with Gasteiger partial charge in [0.15, 0.2) is 29.5 Å². The lowest BCUT2D eigenvalue weighted by Gasteiger charge is -2.25. The third kappa shape index (κ3) is 5.45. The summed E-state index contributed by atoms with van der Waals surface area (Å²) in [5.41, 5.74) is 2.58. The van der Waals surface area contributed by atoms with Gasteiger partial charge in [-0.2, -0.15) is 8.62 Å². The molecular weight excluding hydrogens is 525 g/mol. The molecule has 3 heterocycles. The molecule has 1 saturated heterocycles. The molecule has 2 aromatic rings. The summed E-state index contributed by atoms with van der Waals surface area (Å²) in [5.74, 6) is -3.65. The molecule has 2 aromatic heterocycles. The van der Waals surface area contributed by atoms with Gasteiger partial charge in [0.1, 0.15) is 18.5 Å². The molecule has 0 aliphatic carbocycles. The Balaban J connectivity index is 1.81. The number of anilines is 1. The second kappa shape index (κ2) is 8.34. The number of aromatic nitrogens is 4. The molecule has 0 aromatic carbocycles. The minimum atomic E-state index is -5.88. The lowest BCUT2D eigenvalue weighted by Crippen LogP contribution is -2.46. The van der Waals surface area contributed by atoms with Crippen molar-refractivity contribution < 1.29 is 65.0 Å². The normalized spacial score (nSPS) is 32.0. The fourth-order valence-electron chi connectivity index (χ4n) is 2.88. The van der Waals surface area contributed by atoms with Crippen molar-refractivity contribution >= 4 is 40.4 Å². The molecule has 0 radical (unpaired) electrons. The number of fused-ring (bicyclic) bond motifs is 1. The quantitative estimate of drug-likeness (QED) is 0.241. The highest BCUT2D eigenvalue weighted by Crippen LogP contribution is 2.66. The number of phosphoric acid groups is 3. The van der Waals surface area contributed by atoms with E-state index in [-0.39, 0.29) is 17.0 Å². The van der Waals surface area contributed by atoms with Crippen LogP contribution in [0.4, 0.5) is 14.6 Å². The fourth-order valence-corrected chi connectivity index (χ4v) is 5.91. The lowest BCUT2D eigenvalue weighted by atomic mass is 9.97. The topological polar surface area (TPSA) is 259 Å². The first-order valence-corrected chi connectivity index (χ1v) is 12.8. The van der Waals surface area contributed by atoms with Crippen LogP contribution in [0.1, 0.15) is 13.2 Å². The first-order valence-electron chi connectivity index (χ1n) is 8.32. The average Bonchev–Trinajstić information content (AvgIpc) is 3.12. The van der Waals surface area contributed by atoms with E-state index in [1.165, 1.54) is 0 Å². The maximum absolute atomic E-state index is 15.3. The molecule has 186 valence electrons. The average molecular weight is 541 g/mol. The van der Waals surface area contributed by atoms with E-state index < -0.39 is 53.9 Å². The highest BCUT2D eigenvalue weighted by Gasteiger charge is 2.65. The molecule has 0 spiro atoms. The molecule has 17 nitrogen and oxygen atoms in total. The maximum atomic E-state index is 15.3. The number of rotatable bonds is 8. The largest absolute Gasteiger partial charge is 0.490 e. The summed E-state index contributed by atoms with van der Waals surface area (Å²) < 4.78 is 81.1. The Morgan fingerprint density at radius 2 is 1.79 bits per heavy atom. The molecule has 0 bridgehead atoms. The van der Waals surface area contributed by atoms with Gasteiger partial charge in [0, 0.05) is 0 Å². The Morgan fingerprint density at radius 3 is 2.39 bits per heavy atom. The van der Waals surface area contributed by atoms with E-state index in [1.54, 1.807) is 0 Å². The van der Waals surface area contributed by atoms with Crippen molar-refractivity contribution in [3.8, 4) is 0 Å².